The molecule has 0 aromatic heterocycles. The van der Waals surface area contributed by atoms with Crippen LogP contribution in [0.4, 0.5) is 13.2 Å². The maximum Gasteiger partial charge on any atom is 0.404 e. The van der Waals surface area contributed by atoms with Gasteiger partial charge >= 0.3 is 6.18 Å². The molecule has 0 bridgehead atoms. The Bertz CT molecular complexity index is 281. The van der Waals surface area contributed by atoms with Crippen LogP contribution in [0.15, 0.2) is 0 Å². The summed E-state index contributed by atoms with van der Waals surface area (Å²) in [4.78, 5) is 0. The summed E-state index contributed by atoms with van der Waals surface area (Å²) in [5.41, 5.74) is -0.264. The second-order valence-electron chi connectivity index (χ2n) is 5.92. The van der Waals surface area contributed by atoms with Gasteiger partial charge in [0.15, 0.2) is 0 Å². The molecule has 0 amide bonds. The van der Waals surface area contributed by atoms with Crippen LogP contribution in [0.3, 0.4) is 0 Å². The van der Waals surface area contributed by atoms with Crippen LogP contribution < -0.4 is 5.32 Å². The van der Waals surface area contributed by atoms with E-state index in [1.807, 2.05) is 0 Å². The predicted octanol–water partition coefficient (Wildman–Crippen LogP) is 3.66. The first-order valence-electron chi connectivity index (χ1n) is 7.41. The molecule has 5 heteroatoms. The largest absolute Gasteiger partial charge is 0.404 e. The molecule has 19 heavy (non-hydrogen) atoms. The quantitative estimate of drug-likeness (QED) is 0.851. The van der Waals surface area contributed by atoms with Crippen molar-refractivity contribution in [3.8, 4) is 0 Å². The molecule has 1 aliphatic heterocycles. The second kappa shape index (κ2) is 6.00. The highest BCUT2D eigenvalue weighted by Gasteiger charge is 2.49. The van der Waals surface area contributed by atoms with E-state index in [9.17, 15) is 13.2 Å². The van der Waals surface area contributed by atoms with Gasteiger partial charge in [0.1, 0.15) is 6.04 Å². The third-order valence-corrected chi connectivity index (χ3v) is 4.54. The molecule has 2 atom stereocenters. The molecule has 2 rings (SSSR count). The number of hydrogen-bond acceptors (Lipinski definition) is 2. The minimum absolute atomic E-state index is 0.264. The molecule has 112 valence electrons. The molecule has 1 saturated carbocycles. The van der Waals surface area contributed by atoms with Crippen LogP contribution in [0.25, 0.3) is 0 Å². The first-order chi connectivity index (χ1) is 8.97. The van der Waals surface area contributed by atoms with Crippen LogP contribution >= 0.6 is 0 Å². The van der Waals surface area contributed by atoms with E-state index in [0.717, 1.165) is 25.7 Å². The first kappa shape index (κ1) is 15.1. The van der Waals surface area contributed by atoms with Crippen molar-refractivity contribution in [2.45, 2.75) is 69.7 Å². The third-order valence-electron chi connectivity index (χ3n) is 4.54. The lowest BCUT2D eigenvalue weighted by Gasteiger charge is -2.45. The van der Waals surface area contributed by atoms with Crippen LogP contribution in [0.2, 0.25) is 0 Å². The average molecular weight is 279 g/mol. The maximum absolute atomic E-state index is 13.1. The van der Waals surface area contributed by atoms with Crippen molar-refractivity contribution >= 4 is 0 Å². The third kappa shape index (κ3) is 3.63. The predicted molar refractivity (Wildman–Crippen MR) is 68.0 cm³/mol. The van der Waals surface area contributed by atoms with E-state index in [1.54, 1.807) is 6.92 Å². The number of halogens is 3. The summed E-state index contributed by atoms with van der Waals surface area (Å²) in [6.07, 6.45) is 2.14. The van der Waals surface area contributed by atoms with Gasteiger partial charge in [-0.1, -0.05) is 26.2 Å². The van der Waals surface area contributed by atoms with Crippen molar-refractivity contribution in [2.24, 2.45) is 5.92 Å². The summed E-state index contributed by atoms with van der Waals surface area (Å²) < 4.78 is 45.3. The second-order valence-corrected chi connectivity index (χ2v) is 5.92. The van der Waals surface area contributed by atoms with Crippen LogP contribution in [-0.2, 0) is 4.74 Å². The number of nitrogens with one attached hydrogen (secondary N) is 1. The molecule has 2 aliphatic rings. The standard InChI is InChI=1S/C14H24F3NO/c1-2-18-12(14(15,16)17)11-6-9-19-13(10-11)7-4-3-5-8-13/h11-12,18H,2-10H2,1H3. The summed E-state index contributed by atoms with van der Waals surface area (Å²) in [7, 11) is 0. The zero-order valence-corrected chi connectivity index (χ0v) is 11.6. The van der Waals surface area contributed by atoms with E-state index < -0.39 is 12.2 Å². The lowest BCUT2D eigenvalue weighted by atomic mass is 9.74. The fraction of sp³-hybridized carbons (Fsp3) is 1.00. The lowest BCUT2D eigenvalue weighted by Crippen LogP contribution is -2.53. The van der Waals surface area contributed by atoms with Crippen LogP contribution in [-0.4, -0.2) is 31.0 Å². The highest BCUT2D eigenvalue weighted by atomic mass is 19.4. The van der Waals surface area contributed by atoms with Gasteiger partial charge in [-0.05, 0) is 38.1 Å². The van der Waals surface area contributed by atoms with Crippen LogP contribution in [0.5, 0.6) is 0 Å². The van der Waals surface area contributed by atoms with Gasteiger partial charge in [-0.15, -0.1) is 0 Å². The molecule has 2 nitrogen and oxygen atoms in total. The van der Waals surface area contributed by atoms with E-state index in [-0.39, 0.29) is 11.5 Å². The SMILES string of the molecule is CCNC(C1CCOC2(CCCCC2)C1)C(F)(F)F. The molecule has 0 aromatic carbocycles. The Labute approximate surface area is 113 Å². The maximum atomic E-state index is 13.1. The van der Waals surface area contributed by atoms with Crippen molar-refractivity contribution in [3.05, 3.63) is 0 Å². The summed E-state index contributed by atoms with van der Waals surface area (Å²) >= 11 is 0. The highest BCUT2D eigenvalue weighted by Crippen LogP contribution is 2.43. The lowest BCUT2D eigenvalue weighted by molar-refractivity contribution is -0.191. The molecule has 1 spiro atoms. The summed E-state index contributed by atoms with van der Waals surface area (Å²) in [5, 5.41) is 2.63. The molecule has 0 aromatic rings. The Morgan fingerprint density at radius 3 is 2.53 bits per heavy atom. The van der Waals surface area contributed by atoms with E-state index in [0.29, 0.717) is 26.0 Å². The molecule has 1 N–H and O–H groups in total. The summed E-state index contributed by atoms with van der Waals surface area (Å²) in [6, 6.07) is -1.37. The van der Waals surface area contributed by atoms with Crippen molar-refractivity contribution in [1.82, 2.24) is 5.32 Å². The average Bonchev–Trinajstić information content (AvgIpc) is 2.35. The highest BCUT2D eigenvalue weighted by molar-refractivity contribution is 4.95. The van der Waals surface area contributed by atoms with Gasteiger partial charge in [0, 0.05) is 6.61 Å². The van der Waals surface area contributed by atoms with Gasteiger partial charge in [-0.3, -0.25) is 0 Å². The van der Waals surface area contributed by atoms with Crippen molar-refractivity contribution < 1.29 is 17.9 Å². The van der Waals surface area contributed by atoms with E-state index >= 15 is 0 Å². The van der Waals surface area contributed by atoms with Crippen molar-refractivity contribution in [3.63, 3.8) is 0 Å². The zero-order valence-electron chi connectivity index (χ0n) is 11.6. The normalized spacial score (nSPS) is 29.4. The van der Waals surface area contributed by atoms with Gasteiger partial charge in [-0.2, -0.15) is 13.2 Å². The number of ether oxygens (including phenoxy) is 1. The molecule has 0 radical (unpaired) electrons. The molecule has 2 fully saturated rings. The van der Waals surface area contributed by atoms with Gasteiger partial charge in [0.2, 0.25) is 0 Å². The number of rotatable bonds is 3. The summed E-state index contributed by atoms with van der Waals surface area (Å²) in [6.45, 7) is 2.56. The van der Waals surface area contributed by atoms with Crippen LogP contribution in [0, 0.1) is 5.92 Å². The molecular weight excluding hydrogens is 255 g/mol. The minimum Gasteiger partial charge on any atom is -0.375 e. The monoisotopic (exact) mass is 279 g/mol. The molecule has 1 aliphatic carbocycles. The topological polar surface area (TPSA) is 21.3 Å². The van der Waals surface area contributed by atoms with Gasteiger partial charge in [0.25, 0.3) is 0 Å². The van der Waals surface area contributed by atoms with Crippen molar-refractivity contribution in [2.75, 3.05) is 13.2 Å². The van der Waals surface area contributed by atoms with Gasteiger partial charge in [0.05, 0.1) is 5.60 Å². The van der Waals surface area contributed by atoms with E-state index in [4.69, 9.17) is 4.74 Å². The fourth-order valence-corrected chi connectivity index (χ4v) is 3.66. The Kier molecular flexibility index (Phi) is 4.77. The Morgan fingerprint density at radius 2 is 1.95 bits per heavy atom. The zero-order chi connectivity index (χ0) is 13.9. The Balaban J connectivity index is 2.06. The van der Waals surface area contributed by atoms with Crippen molar-refractivity contribution in [1.29, 1.82) is 0 Å². The molecule has 2 unspecified atom stereocenters. The molecular formula is C14H24F3NO. The molecule has 1 heterocycles. The number of hydrogen-bond donors (Lipinski definition) is 1. The molecule has 1 saturated heterocycles. The van der Waals surface area contributed by atoms with E-state index in [2.05, 4.69) is 5.32 Å². The summed E-state index contributed by atoms with van der Waals surface area (Å²) in [5.74, 6) is -0.341. The Morgan fingerprint density at radius 1 is 1.26 bits per heavy atom. The Hall–Kier alpha value is -0.290. The van der Waals surface area contributed by atoms with Crippen LogP contribution in [0.1, 0.15) is 51.9 Å². The van der Waals surface area contributed by atoms with Gasteiger partial charge in [-0.25, -0.2) is 0 Å². The van der Waals surface area contributed by atoms with E-state index in [1.165, 1.54) is 6.42 Å². The smallest absolute Gasteiger partial charge is 0.375 e. The van der Waals surface area contributed by atoms with Gasteiger partial charge < -0.3 is 10.1 Å². The number of alkyl halides is 3. The minimum atomic E-state index is -4.16. The first-order valence-corrected chi connectivity index (χ1v) is 7.41. The fourth-order valence-electron chi connectivity index (χ4n) is 3.66.